The quantitative estimate of drug-likeness (QED) is 0.911. The molecule has 7 heteroatoms. The number of benzene rings is 1. The fraction of sp³-hybridized carbons (Fsp3) is 0.647. The summed E-state index contributed by atoms with van der Waals surface area (Å²) in [5, 5.41) is 9.99. The standard InChI is InChI=1S/C17H22F3NO3/c1-23-16-6-5-13(22)10-15(16)21(8-7-16)11-12-3-2-4-14(9-12)24-17(18,19)20/h2-4,9,13,15,22H,5-8,10-11H2,1H3/t13-,15-,16+/m0/s1. The Labute approximate surface area is 139 Å². The van der Waals surface area contributed by atoms with E-state index in [1.165, 1.54) is 12.1 Å². The number of methoxy groups -OCH3 is 1. The molecule has 1 aliphatic heterocycles. The van der Waals surface area contributed by atoms with Gasteiger partial charge in [0.25, 0.3) is 0 Å². The summed E-state index contributed by atoms with van der Waals surface area (Å²) in [6.07, 6.45) is -1.99. The molecule has 0 radical (unpaired) electrons. The van der Waals surface area contributed by atoms with Crippen LogP contribution in [0.15, 0.2) is 24.3 Å². The Morgan fingerprint density at radius 3 is 2.83 bits per heavy atom. The van der Waals surface area contributed by atoms with Gasteiger partial charge in [0.2, 0.25) is 0 Å². The van der Waals surface area contributed by atoms with Crippen molar-refractivity contribution in [3.63, 3.8) is 0 Å². The molecule has 0 spiro atoms. The minimum atomic E-state index is -4.69. The average molecular weight is 345 g/mol. The van der Waals surface area contributed by atoms with Crippen molar-refractivity contribution in [3.8, 4) is 5.75 Å². The monoisotopic (exact) mass is 345 g/mol. The van der Waals surface area contributed by atoms with E-state index in [1.807, 2.05) is 0 Å². The van der Waals surface area contributed by atoms with Crippen molar-refractivity contribution in [1.29, 1.82) is 0 Å². The maximum absolute atomic E-state index is 12.4. The van der Waals surface area contributed by atoms with E-state index in [9.17, 15) is 18.3 Å². The number of halogens is 3. The van der Waals surface area contributed by atoms with Crippen molar-refractivity contribution in [3.05, 3.63) is 29.8 Å². The van der Waals surface area contributed by atoms with Gasteiger partial charge in [0, 0.05) is 26.2 Å². The summed E-state index contributed by atoms with van der Waals surface area (Å²) in [4.78, 5) is 2.19. The van der Waals surface area contributed by atoms with E-state index in [1.54, 1.807) is 19.2 Å². The van der Waals surface area contributed by atoms with Crippen LogP contribution in [0.2, 0.25) is 0 Å². The zero-order chi connectivity index (χ0) is 17.4. The summed E-state index contributed by atoms with van der Waals surface area (Å²) in [7, 11) is 1.70. The molecule has 0 unspecified atom stereocenters. The van der Waals surface area contributed by atoms with Crippen LogP contribution in [-0.2, 0) is 11.3 Å². The van der Waals surface area contributed by atoms with Gasteiger partial charge in [0.15, 0.2) is 0 Å². The molecule has 3 rings (SSSR count). The molecule has 1 aromatic carbocycles. The normalized spacial score (nSPS) is 31.0. The summed E-state index contributed by atoms with van der Waals surface area (Å²) in [5.41, 5.74) is 0.503. The number of fused-ring (bicyclic) bond motifs is 1. The minimum Gasteiger partial charge on any atom is -0.406 e. The summed E-state index contributed by atoms with van der Waals surface area (Å²) >= 11 is 0. The van der Waals surface area contributed by atoms with Gasteiger partial charge in [0.05, 0.1) is 11.7 Å². The van der Waals surface area contributed by atoms with Crippen LogP contribution >= 0.6 is 0 Å². The van der Waals surface area contributed by atoms with E-state index in [-0.39, 0.29) is 23.5 Å². The van der Waals surface area contributed by atoms with Gasteiger partial charge in [-0.2, -0.15) is 0 Å². The highest BCUT2D eigenvalue weighted by Gasteiger charge is 2.50. The Hall–Kier alpha value is -1.31. The summed E-state index contributed by atoms with van der Waals surface area (Å²) in [6.45, 7) is 1.31. The second kappa shape index (κ2) is 6.54. The third kappa shape index (κ3) is 3.68. The molecule has 1 saturated heterocycles. The van der Waals surface area contributed by atoms with Crippen LogP contribution in [0.5, 0.6) is 5.75 Å². The van der Waals surface area contributed by atoms with Gasteiger partial charge in [-0.15, -0.1) is 13.2 Å². The Morgan fingerprint density at radius 2 is 2.12 bits per heavy atom. The van der Waals surface area contributed by atoms with Crippen LogP contribution in [0.3, 0.4) is 0 Å². The minimum absolute atomic E-state index is 0.0819. The smallest absolute Gasteiger partial charge is 0.406 e. The molecule has 1 saturated carbocycles. The highest BCUT2D eigenvalue weighted by Crippen LogP contribution is 2.43. The summed E-state index contributed by atoms with van der Waals surface area (Å²) < 4.78 is 46.9. The molecule has 0 bridgehead atoms. The highest BCUT2D eigenvalue weighted by atomic mass is 19.4. The lowest BCUT2D eigenvalue weighted by molar-refractivity contribution is -0.274. The van der Waals surface area contributed by atoms with Crippen molar-refractivity contribution in [2.45, 2.75) is 56.3 Å². The first kappa shape index (κ1) is 17.5. The molecule has 0 aromatic heterocycles. The van der Waals surface area contributed by atoms with Gasteiger partial charge in [-0.25, -0.2) is 0 Å². The second-order valence-electron chi connectivity index (χ2n) is 6.63. The molecular weight excluding hydrogens is 323 g/mol. The topological polar surface area (TPSA) is 41.9 Å². The number of nitrogens with zero attached hydrogens (tertiary/aromatic N) is 1. The first-order valence-electron chi connectivity index (χ1n) is 8.13. The molecule has 1 N–H and O–H groups in total. The SMILES string of the molecule is CO[C@@]12CC[C@H](O)C[C@@H]1N(Cc1cccc(OC(F)(F)F)c1)CC2. The van der Waals surface area contributed by atoms with Crippen LogP contribution in [0.4, 0.5) is 13.2 Å². The molecule has 24 heavy (non-hydrogen) atoms. The number of hydrogen-bond acceptors (Lipinski definition) is 4. The van der Waals surface area contributed by atoms with Gasteiger partial charge in [-0.05, 0) is 43.4 Å². The molecule has 134 valence electrons. The highest BCUT2D eigenvalue weighted by molar-refractivity contribution is 5.29. The van der Waals surface area contributed by atoms with Crippen LogP contribution in [0, 0.1) is 0 Å². The van der Waals surface area contributed by atoms with Crippen LogP contribution in [0.1, 0.15) is 31.2 Å². The zero-order valence-electron chi connectivity index (χ0n) is 13.6. The van der Waals surface area contributed by atoms with Gasteiger partial charge >= 0.3 is 6.36 Å². The fourth-order valence-corrected chi connectivity index (χ4v) is 4.03. The number of rotatable bonds is 4. The molecule has 3 atom stereocenters. The molecule has 2 fully saturated rings. The molecule has 1 aromatic rings. The maximum atomic E-state index is 12.4. The number of likely N-dealkylation sites (tertiary alicyclic amines) is 1. The Bertz CT molecular complexity index is 580. The van der Waals surface area contributed by atoms with E-state index in [0.29, 0.717) is 13.0 Å². The van der Waals surface area contributed by atoms with Crippen LogP contribution in [0.25, 0.3) is 0 Å². The fourth-order valence-electron chi connectivity index (χ4n) is 4.03. The number of ether oxygens (including phenoxy) is 2. The van der Waals surface area contributed by atoms with Gasteiger partial charge < -0.3 is 14.6 Å². The lowest BCUT2D eigenvalue weighted by Crippen LogP contribution is -2.51. The van der Waals surface area contributed by atoms with Gasteiger partial charge in [-0.3, -0.25) is 4.90 Å². The summed E-state index contributed by atoms with van der Waals surface area (Å²) in [5.74, 6) is -0.208. The van der Waals surface area contributed by atoms with E-state index in [0.717, 1.165) is 31.4 Å². The predicted octanol–water partition coefficient (Wildman–Crippen LogP) is 3.09. The number of alkyl halides is 3. The third-order valence-corrected chi connectivity index (χ3v) is 5.19. The van der Waals surface area contributed by atoms with E-state index in [4.69, 9.17) is 4.74 Å². The van der Waals surface area contributed by atoms with Gasteiger partial charge in [-0.1, -0.05) is 12.1 Å². The number of aliphatic hydroxyl groups is 1. The lowest BCUT2D eigenvalue weighted by Gasteiger charge is -2.42. The molecular formula is C17H22F3NO3. The molecule has 0 amide bonds. The lowest BCUT2D eigenvalue weighted by atomic mass is 9.79. The molecule has 1 aliphatic carbocycles. The Balaban J connectivity index is 1.73. The first-order chi connectivity index (χ1) is 11.3. The third-order valence-electron chi connectivity index (χ3n) is 5.19. The Morgan fingerprint density at radius 1 is 1.33 bits per heavy atom. The van der Waals surface area contributed by atoms with E-state index in [2.05, 4.69) is 9.64 Å². The average Bonchev–Trinajstić information content (AvgIpc) is 2.85. The van der Waals surface area contributed by atoms with Gasteiger partial charge in [0.1, 0.15) is 5.75 Å². The predicted molar refractivity (Wildman–Crippen MR) is 81.5 cm³/mol. The largest absolute Gasteiger partial charge is 0.573 e. The van der Waals surface area contributed by atoms with Crippen LogP contribution in [-0.4, -0.2) is 47.8 Å². The first-order valence-corrected chi connectivity index (χ1v) is 8.13. The van der Waals surface area contributed by atoms with E-state index < -0.39 is 6.36 Å². The maximum Gasteiger partial charge on any atom is 0.573 e. The van der Waals surface area contributed by atoms with Crippen molar-refractivity contribution in [1.82, 2.24) is 4.90 Å². The molecule has 2 aliphatic rings. The second-order valence-corrected chi connectivity index (χ2v) is 6.63. The molecule has 1 heterocycles. The Kier molecular flexibility index (Phi) is 4.77. The van der Waals surface area contributed by atoms with Crippen molar-refractivity contribution in [2.24, 2.45) is 0 Å². The van der Waals surface area contributed by atoms with E-state index >= 15 is 0 Å². The van der Waals surface area contributed by atoms with Crippen molar-refractivity contribution in [2.75, 3.05) is 13.7 Å². The zero-order valence-corrected chi connectivity index (χ0v) is 13.6. The molecule has 4 nitrogen and oxygen atoms in total. The number of aliphatic hydroxyl groups excluding tert-OH is 1. The number of hydrogen-bond donors (Lipinski definition) is 1. The van der Waals surface area contributed by atoms with Crippen molar-refractivity contribution >= 4 is 0 Å². The van der Waals surface area contributed by atoms with Crippen LogP contribution < -0.4 is 4.74 Å². The van der Waals surface area contributed by atoms with Crippen molar-refractivity contribution < 1.29 is 27.8 Å². The summed E-state index contributed by atoms with van der Waals surface area (Å²) in [6, 6.07) is 6.14.